The van der Waals surface area contributed by atoms with Crippen molar-refractivity contribution >= 4 is 17.4 Å². The van der Waals surface area contributed by atoms with Crippen LogP contribution in [-0.2, 0) is 0 Å². The zero-order valence-corrected chi connectivity index (χ0v) is 10.4. The first kappa shape index (κ1) is 13.2. The molecule has 5 nitrogen and oxygen atoms in total. The van der Waals surface area contributed by atoms with Gasteiger partial charge in [0, 0.05) is 31.0 Å². The smallest absolute Gasteiger partial charge is 0.312 e. The van der Waals surface area contributed by atoms with Crippen molar-refractivity contribution in [2.24, 2.45) is 5.73 Å². The second-order valence-electron chi connectivity index (χ2n) is 3.91. The van der Waals surface area contributed by atoms with Gasteiger partial charge in [0.05, 0.1) is 0 Å². The number of carbonyl (C=O) groups is 1. The van der Waals surface area contributed by atoms with Crippen molar-refractivity contribution in [2.45, 2.75) is 13.8 Å². The number of carbonyl (C=O) groups excluding carboxylic acids is 1. The molecule has 17 heavy (non-hydrogen) atoms. The number of primary amides is 1. The number of nitrogens with two attached hydrogens (primary N) is 2. The number of hydrogen-bond donors (Lipinski definition) is 3. The number of rotatable bonds is 5. The van der Waals surface area contributed by atoms with E-state index < -0.39 is 6.03 Å². The maximum atomic E-state index is 10.6. The van der Waals surface area contributed by atoms with E-state index in [-0.39, 0.29) is 0 Å². The van der Waals surface area contributed by atoms with Crippen LogP contribution in [0.15, 0.2) is 18.2 Å². The third-order valence-corrected chi connectivity index (χ3v) is 2.68. The second kappa shape index (κ2) is 5.98. The molecule has 0 saturated carbocycles. The molecular weight excluding hydrogens is 216 g/mol. The highest BCUT2D eigenvalue weighted by Crippen LogP contribution is 2.20. The van der Waals surface area contributed by atoms with Crippen molar-refractivity contribution in [3.05, 3.63) is 23.8 Å². The first-order valence-corrected chi connectivity index (χ1v) is 5.69. The third kappa shape index (κ3) is 3.86. The largest absolute Gasteiger partial charge is 0.399 e. The Morgan fingerprint density at radius 1 is 1.47 bits per heavy atom. The molecule has 0 unspecified atom stereocenters. The number of anilines is 2. The van der Waals surface area contributed by atoms with Crippen LogP contribution in [0.2, 0.25) is 0 Å². The lowest BCUT2D eigenvalue weighted by Gasteiger charge is -2.23. The molecule has 1 aromatic carbocycles. The molecule has 0 aliphatic heterocycles. The van der Waals surface area contributed by atoms with E-state index in [9.17, 15) is 4.79 Å². The van der Waals surface area contributed by atoms with Crippen molar-refractivity contribution < 1.29 is 4.79 Å². The molecule has 2 amide bonds. The molecule has 0 aliphatic carbocycles. The van der Waals surface area contributed by atoms with Gasteiger partial charge in [-0.25, -0.2) is 4.79 Å². The van der Waals surface area contributed by atoms with Crippen LogP contribution in [0.4, 0.5) is 16.2 Å². The van der Waals surface area contributed by atoms with Crippen LogP contribution in [0.3, 0.4) is 0 Å². The van der Waals surface area contributed by atoms with Crippen molar-refractivity contribution in [1.82, 2.24) is 5.32 Å². The molecule has 5 heteroatoms. The first-order valence-electron chi connectivity index (χ1n) is 5.69. The van der Waals surface area contributed by atoms with E-state index in [4.69, 9.17) is 11.5 Å². The van der Waals surface area contributed by atoms with Crippen molar-refractivity contribution in [3.8, 4) is 0 Å². The predicted molar refractivity (Wildman–Crippen MR) is 71.1 cm³/mol. The highest BCUT2D eigenvalue weighted by molar-refractivity contribution is 5.71. The molecule has 1 rings (SSSR count). The average molecular weight is 236 g/mol. The summed E-state index contributed by atoms with van der Waals surface area (Å²) in [6.45, 7) is 6.17. The number of aryl methyl sites for hydroxylation is 1. The van der Waals surface area contributed by atoms with Gasteiger partial charge in [-0.3, -0.25) is 0 Å². The normalized spacial score (nSPS) is 10.0. The lowest BCUT2D eigenvalue weighted by atomic mass is 10.1. The lowest BCUT2D eigenvalue weighted by Crippen LogP contribution is -2.37. The monoisotopic (exact) mass is 236 g/mol. The van der Waals surface area contributed by atoms with Gasteiger partial charge in [0.2, 0.25) is 0 Å². The van der Waals surface area contributed by atoms with E-state index in [1.165, 1.54) is 0 Å². The summed E-state index contributed by atoms with van der Waals surface area (Å²) >= 11 is 0. The maximum Gasteiger partial charge on any atom is 0.312 e. The Balaban J connectivity index is 2.65. The van der Waals surface area contributed by atoms with Crippen LogP contribution in [0.1, 0.15) is 12.5 Å². The Morgan fingerprint density at radius 3 is 2.71 bits per heavy atom. The molecule has 1 aromatic rings. The van der Waals surface area contributed by atoms with Gasteiger partial charge in [0.15, 0.2) is 0 Å². The van der Waals surface area contributed by atoms with Gasteiger partial charge in [-0.15, -0.1) is 0 Å². The highest BCUT2D eigenvalue weighted by atomic mass is 16.2. The van der Waals surface area contributed by atoms with Crippen LogP contribution >= 0.6 is 0 Å². The maximum absolute atomic E-state index is 10.6. The highest BCUT2D eigenvalue weighted by Gasteiger charge is 2.05. The minimum atomic E-state index is -0.491. The minimum Gasteiger partial charge on any atom is -0.399 e. The number of nitrogens with one attached hydrogen (secondary N) is 1. The van der Waals surface area contributed by atoms with Crippen molar-refractivity contribution in [1.29, 1.82) is 0 Å². The fourth-order valence-corrected chi connectivity index (χ4v) is 1.64. The predicted octanol–water partition coefficient (Wildman–Crippen LogP) is 1.07. The van der Waals surface area contributed by atoms with Gasteiger partial charge in [-0.05, 0) is 37.6 Å². The summed E-state index contributed by atoms with van der Waals surface area (Å²) in [7, 11) is 0. The fraction of sp³-hybridized carbons (Fsp3) is 0.417. The van der Waals surface area contributed by atoms with Gasteiger partial charge < -0.3 is 21.7 Å². The van der Waals surface area contributed by atoms with Crippen molar-refractivity contribution in [3.63, 3.8) is 0 Å². The summed E-state index contributed by atoms with van der Waals surface area (Å²) in [5, 5.41) is 2.58. The number of urea groups is 1. The van der Waals surface area contributed by atoms with E-state index in [0.29, 0.717) is 6.54 Å². The molecule has 0 radical (unpaired) electrons. The molecule has 94 valence electrons. The van der Waals surface area contributed by atoms with Crippen LogP contribution in [-0.4, -0.2) is 25.7 Å². The number of nitrogens with zero attached hydrogens (tertiary/aromatic N) is 1. The van der Waals surface area contributed by atoms with Gasteiger partial charge in [0.25, 0.3) is 0 Å². The van der Waals surface area contributed by atoms with E-state index in [0.717, 1.165) is 30.0 Å². The molecular formula is C12H20N4O. The fourth-order valence-electron chi connectivity index (χ4n) is 1.64. The van der Waals surface area contributed by atoms with Gasteiger partial charge in [0.1, 0.15) is 0 Å². The molecule has 0 bridgehead atoms. The molecule has 0 atom stereocenters. The standard InChI is InChI=1S/C12H20N4O/c1-3-16(7-6-15-12(14)17)10-4-5-11(13)9(2)8-10/h4-5,8H,3,6-7,13H2,1-2H3,(H3,14,15,17). The second-order valence-corrected chi connectivity index (χ2v) is 3.91. The third-order valence-electron chi connectivity index (χ3n) is 2.68. The van der Waals surface area contributed by atoms with Crippen molar-refractivity contribution in [2.75, 3.05) is 30.3 Å². The zero-order chi connectivity index (χ0) is 12.8. The summed E-state index contributed by atoms with van der Waals surface area (Å²) in [4.78, 5) is 12.7. The topological polar surface area (TPSA) is 84.4 Å². The minimum absolute atomic E-state index is 0.491. The van der Waals surface area contributed by atoms with E-state index in [1.807, 2.05) is 25.1 Å². The quantitative estimate of drug-likeness (QED) is 0.669. The first-order chi connectivity index (χ1) is 8.04. The van der Waals surface area contributed by atoms with Crippen LogP contribution in [0, 0.1) is 6.92 Å². The Labute approximate surface area is 102 Å². The summed E-state index contributed by atoms with van der Waals surface area (Å²) < 4.78 is 0. The van der Waals surface area contributed by atoms with E-state index in [2.05, 4.69) is 17.1 Å². The SMILES string of the molecule is CCN(CCNC(N)=O)c1ccc(N)c(C)c1. The molecule has 0 aromatic heterocycles. The summed E-state index contributed by atoms with van der Waals surface area (Å²) in [5.74, 6) is 0. The number of likely N-dealkylation sites (N-methyl/N-ethyl adjacent to an activating group) is 1. The molecule has 0 spiro atoms. The number of nitrogen functional groups attached to an aromatic ring is 1. The van der Waals surface area contributed by atoms with Gasteiger partial charge >= 0.3 is 6.03 Å². The number of amides is 2. The average Bonchev–Trinajstić information content (AvgIpc) is 2.28. The van der Waals surface area contributed by atoms with Crippen LogP contribution in [0.25, 0.3) is 0 Å². The zero-order valence-electron chi connectivity index (χ0n) is 10.4. The Kier molecular flexibility index (Phi) is 4.63. The van der Waals surface area contributed by atoms with E-state index in [1.54, 1.807) is 0 Å². The summed E-state index contributed by atoms with van der Waals surface area (Å²) in [6.07, 6.45) is 0. The summed E-state index contributed by atoms with van der Waals surface area (Å²) in [6, 6.07) is 5.43. The number of hydrogen-bond acceptors (Lipinski definition) is 3. The molecule has 0 aliphatic rings. The Bertz CT molecular complexity index is 392. The Morgan fingerprint density at radius 2 is 2.18 bits per heavy atom. The molecule has 0 heterocycles. The van der Waals surface area contributed by atoms with E-state index >= 15 is 0 Å². The van der Waals surface area contributed by atoms with Gasteiger partial charge in [-0.2, -0.15) is 0 Å². The molecule has 5 N–H and O–H groups in total. The Hall–Kier alpha value is -1.91. The number of benzene rings is 1. The lowest BCUT2D eigenvalue weighted by molar-refractivity contribution is 0.249. The van der Waals surface area contributed by atoms with Gasteiger partial charge in [-0.1, -0.05) is 0 Å². The van der Waals surface area contributed by atoms with Crippen LogP contribution in [0.5, 0.6) is 0 Å². The van der Waals surface area contributed by atoms with Crippen LogP contribution < -0.4 is 21.7 Å². The summed E-state index contributed by atoms with van der Waals surface area (Å²) in [5.41, 5.74) is 13.7. The molecule has 0 saturated heterocycles. The molecule has 0 fully saturated rings.